The van der Waals surface area contributed by atoms with Crippen LogP contribution in [0.25, 0.3) is 10.8 Å². The minimum Gasteiger partial charge on any atom is -0.491 e. The number of carbonyl (C=O) groups is 1. The van der Waals surface area contributed by atoms with Crippen LogP contribution in [0.15, 0.2) is 36.4 Å². The predicted octanol–water partition coefficient (Wildman–Crippen LogP) is 1.54. The molecule has 0 fully saturated rings. The quantitative estimate of drug-likeness (QED) is 0.632. The van der Waals surface area contributed by atoms with Gasteiger partial charge in [0.1, 0.15) is 18.4 Å². The van der Waals surface area contributed by atoms with Crippen LogP contribution in [0.3, 0.4) is 0 Å². The van der Waals surface area contributed by atoms with E-state index >= 15 is 0 Å². The van der Waals surface area contributed by atoms with Gasteiger partial charge in [-0.15, -0.1) is 0 Å². The summed E-state index contributed by atoms with van der Waals surface area (Å²) in [6.45, 7) is -0.211. The molecule has 20 heavy (non-hydrogen) atoms. The van der Waals surface area contributed by atoms with Crippen LogP contribution < -0.4 is 10.5 Å². The molecule has 2 aromatic carbocycles. The maximum atomic E-state index is 10.9. The van der Waals surface area contributed by atoms with Gasteiger partial charge in [0.15, 0.2) is 0 Å². The molecule has 7 heteroatoms. The minimum atomic E-state index is -1.17. The number of nitro benzene ring substituents is 1. The Hall–Kier alpha value is -2.67. The molecule has 3 N–H and O–H groups in total. The molecule has 0 saturated heterocycles. The summed E-state index contributed by atoms with van der Waals surface area (Å²) in [4.78, 5) is 21.1. The van der Waals surface area contributed by atoms with Gasteiger partial charge < -0.3 is 15.6 Å². The summed E-state index contributed by atoms with van der Waals surface area (Å²) in [6, 6.07) is 8.29. The van der Waals surface area contributed by atoms with Gasteiger partial charge in [0.25, 0.3) is 5.69 Å². The SMILES string of the molecule is NC(COc1ccc([N+](=O)[O-])c2ccccc12)C(=O)O. The first kappa shape index (κ1) is 13.8. The normalized spacial score (nSPS) is 12.1. The number of benzene rings is 2. The standard InChI is InChI=1S/C13H12N2O5/c14-10(13(16)17)7-20-12-6-5-11(15(18)19)8-3-1-2-4-9(8)12/h1-6,10H,7,14H2,(H,16,17). The van der Waals surface area contributed by atoms with E-state index in [-0.39, 0.29) is 12.3 Å². The molecule has 1 atom stereocenters. The number of carboxylic acids is 1. The summed E-state index contributed by atoms with van der Waals surface area (Å²) in [5.74, 6) is -0.806. The Bertz CT molecular complexity index is 671. The maximum Gasteiger partial charge on any atom is 0.324 e. The summed E-state index contributed by atoms with van der Waals surface area (Å²) in [7, 11) is 0. The average molecular weight is 276 g/mol. The molecule has 0 radical (unpaired) electrons. The summed E-state index contributed by atoms with van der Waals surface area (Å²) in [5, 5.41) is 20.6. The van der Waals surface area contributed by atoms with Crippen LogP contribution in [0.2, 0.25) is 0 Å². The third-order valence-electron chi connectivity index (χ3n) is 2.79. The number of non-ortho nitro benzene ring substituents is 1. The van der Waals surface area contributed by atoms with Gasteiger partial charge >= 0.3 is 5.97 Å². The molecule has 0 heterocycles. The maximum absolute atomic E-state index is 10.9. The first-order valence-corrected chi connectivity index (χ1v) is 5.78. The number of nitrogens with two attached hydrogens (primary N) is 1. The van der Waals surface area contributed by atoms with E-state index in [1.54, 1.807) is 24.3 Å². The fourth-order valence-corrected chi connectivity index (χ4v) is 1.79. The Morgan fingerprint density at radius 1 is 1.30 bits per heavy atom. The Morgan fingerprint density at radius 3 is 2.55 bits per heavy atom. The molecule has 0 spiro atoms. The smallest absolute Gasteiger partial charge is 0.324 e. The van der Waals surface area contributed by atoms with Gasteiger partial charge in [-0.25, -0.2) is 0 Å². The molecule has 0 aromatic heterocycles. The minimum absolute atomic E-state index is 0.0320. The van der Waals surface area contributed by atoms with Crippen LogP contribution in [-0.2, 0) is 4.79 Å². The van der Waals surface area contributed by atoms with Crippen molar-refractivity contribution in [1.82, 2.24) is 0 Å². The van der Waals surface area contributed by atoms with E-state index in [0.717, 1.165) is 0 Å². The molecule has 1 unspecified atom stereocenters. The zero-order valence-corrected chi connectivity index (χ0v) is 10.4. The lowest BCUT2D eigenvalue weighted by Crippen LogP contribution is -2.36. The number of aliphatic carboxylic acids is 1. The lowest BCUT2D eigenvalue weighted by atomic mass is 10.1. The molecule has 0 aliphatic heterocycles. The van der Waals surface area contributed by atoms with Crippen molar-refractivity contribution >= 4 is 22.4 Å². The molecular weight excluding hydrogens is 264 g/mol. The van der Waals surface area contributed by atoms with Crippen LogP contribution in [0.4, 0.5) is 5.69 Å². The van der Waals surface area contributed by atoms with Crippen molar-refractivity contribution < 1.29 is 19.6 Å². The zero-order chi connectivity index (χ0) is 14.7. The molecular formula is C13H12N2O5. The number of fused-ring (bicyclic) bond motifs is 1. The molecule has 7 nitrogen and oxygen atoms in total. The van der Waals surface area contributed by atoms with Crippen LogP contribution in [-0.4, -0.2) is 28.6 Å². The number of ether oxygens (including phenoxy) is 1. The molecule has 2 rings (SSSR count). The van der Waals surface area contributed by atoms with Gasteiger partial charge in [-0.05, 0) is 12.1 Å². The lowest BCUT2D eigenvalue weighted by molar-refractivity contribution is -0.383. The third kappa shape index (κ3) is 2.67. The van der Waals surface area contributed by atoms with Crippen LogP contribution >= 0.6 is 0 Å². The Morgan fingerprint density at radius 2 is 1.95 bits per heavy atom. The summed E-state index contributed by atoms with van der Waals surface area (Å²) >= 11 is 0. The van der Waals surface area contributed by atoms with E-state index in [9.17, 15) is 14.9 Å². The Balaban J connectivity index is 2.38. The van der Waals surface area contributed by atoms with E-state index in [2.05, 4.69) is 0 Å². The van der Waals surface area contributed by atoms with E-state index in [0.29, 0.717) is 16.5 Å². The van der Waals surface area contributed by atoms with Crippen molar-refractivity contribution in [3.8, 4) is 5.75 Å². The third-order valence-corrected chi connectivity index (χ3v) is 2.79. The Labute approximate surface area is 113 Å². The van der Waals surface area contributed by atoms with Crippen molar-refractivity contribution in [3.63, 3.8) is 0 Å². The number of rotatable bonds is 5. The van der Waals surface area contributed by atoms with Gasteiger partial charge in [-0.2, -0.15) is 0 Å². The second-order valence-corrected chi connectivity index (χ2v) is 4.14. The number of carboxylic acid groups (broad SMARTS) is 1. The largest absolute Gasteiger partial charge is 0.491 e. The number of nitro groups is 1. The van der Waals surface area contributed by atoms with Gasteiger partial charge in [0, 0.05) is 11.5 Å². The van der Waals surface area contributed by atoms with Crippen molar-refractivity contribution in [1.29, 1.82) is 0 Å². The van der Waals surface area contributed by atoms with Crippen molar-refractivity contribution in [2.45, 2.75) is 6.04 Å². The molecule has 0 aliphatic rings. The molecule has 0 aliphatic carbocycles. The number of hydrogen-bond acceptors (Lipinski definition) is 5. The van der Waals surface area contributed by atoms with Crippen molar-refractivity contribution in [3.05, 3.63) is 46.5 Å². The van der Waals surface area contributed by atoms with E-state index in [4.69, 9.17) is 15.6 Å². The van der Waals surface area contributed by atoms with E-state index in [1.807, 2.05) is 0 Å². The molecule has 0 bridgehead atoms. The summed E-state index contributed by atoms with van der Waals surface area (Å²) < 4.78 is 5.35. The summed E-state index contributed by atoms with van der Waals surface area (Å²) in [5.41, 5.74) is 5.32. The van der Waals surface area contributed by atoms with Crippen molar-refractivity contribution in [2.75, 3.05) is 6.61 Å². The lowest BCUT2D eigenvalue weighted by Gasteiger charge is -2.11. The molecule has 0 saturated carbocycles. The predicted molar refractivity (Wildman–Crippen MR) is 71.7 cm³/mol. The van der Waals surface area contributed by atoms with Crippen LogP contribution in [0, 0.1) is 10.1 Å². The second-order valence-electron chi connectivity index (χ2n) is 4.14. The highest BCUT2D eigenvalue weighted by Crippen LogP contribution is 2.32. The van der Waals surface area contributed by atoms with Gasteiger partial charge in [-0.3, -0.25) is 14.9 Å². The monoisotopic (exact) mass is 276 g/mol. The van der Waals surface area contributed by atoms with Gasteiger partial charge in [0.2, 0.25) is 0 Å². The van der Waals surface area contributed by atoms with Gasteiger partial charge in [0.05, 0.1) is 10.3 Å². The van der Waals surface area contributed by atoms with E-state index < -0.39 is 16.9 Å². The highest BCUT2D eigenvalue weighted by atomic mass is 16.6. The Kier molecular flexibility index (Phi) is 3.81. The number of nitrogens with zero attached hydrogens (tertiary/aromatic N) is 1. The first-order valence-electron chi connectivity index (χ1n) is 5.78. The fraction of sp³-hybridized carbons (Fsp3) is 0.154. The topological polar surface area (TPSA) is 116 Å². The van der Waals surface area contributed by atoms with Crippen LogP contribution in [0.1, 0.15) is 0 Å². The highest BCUT2D eigenvalue weighted by Gasteiger charge is 2.16. The first-order chi connectivity index (χ1) is 9.50. The zero-order valence-electron chi connectivity index (χ0n) is 10.4. The van der Waals surface area contributed by atoms with Crippen LogP contribution in [0.5, 0.6) is 5.75 Å². The van der Waals surface area contributed by atoms with E-state index in [1.165, 1.54) is 12.1 Å². The number of hydrogen-bond donors (Lipinski definition) is 2. The molecule has 2 aromatic rings. The average Bonchev–Trinajstić information content (AvgIpc) is 2.43. The van der Waals surface area contributed by atoms with Gasteiger partial charge in [-0.1, -0.05) is 18.2 Å². The van der Waals surface area contributed by atoms with Crippen molar-refractivity contribution in [2.24, 2.45) is 5.73 Å². The molecule has 0 amide bonds. The fourth-order valence-electron chi connectivity index (χ4n) is 1.79. The highest BCUT2D eigenvalue weighted by molar-refractivity contribution is 5.95. The molecule has 104 valence electrons. The second kappa shape index (κ2) is 5.54. The summed E-state index contributed by atoms with van der Waals surface area (Å²) in [6.07, 6.45) is 0.